The SMILES string of the molecule is COc1cccc(-c2noc(COC(=O)[C@@H](C)c3ccc4cc(OC)ccc4c3)n2)c1. The lowest BCUT2D eigenvalue weighted by Crippen LogP contribution is -2.13. The number of benzene rings is 3. The Bertz CT molecular complexity index is 1220. The molecule has 1 atom stereocenters. The first-order valence-electron chi connectivity index (χ1n) is 9.78. The third-order valence-corrected chi connectivity index (χ3v) is 5.06. The molecule has 1 aromatic heterocycles. The minimum absolute atomic E-state index is 0.0923. The van der Waals surface area contributed by atoms with Gasteiger partial charge in [-0.05, 0) is 47.5 Å². The fourth-order valence-electron chi connectivity index (χ4n) is 3.23. The van der Waals surface area contributed by atoms with Crippen LogP contribution in [-0.4, -0.2) is 30.3 Å². The number of hydrogen-bond acceptors (Lipinski definition) is 7. The lowest BCUT2D eigenvalue weighted by molar-refractivity contribution is -0.147. The predicted octanol–water partition coefficient (Wildman–Crippen LogP) is 4.75. The van der Waals surface area contributed by atoms with Crippen molar-refractivity contribution in [3.8, 4) is 22.9 Å². The standard InChI is InChI=1S/C24H22N2O5/c1-15(16-7-8-18-12-21(29-3)10-9-17(18)11-16)24(27)30-14-22-25-23(26-31-22)19-5-4-6-20(13-19)28-2/h4-13,15H,14H2,1-3H3/t15-/m0/s1. The first kappa shape index (κ1) is 20.4. The lowest BCUT2D eigenvalue weighted by Gasteiger charge is -2.12. The van der Waals surface area contributed by atoms with Crippen LogP contribution in [0, 0.1) is 0 Å². The minimum Gasteiger partial charge on any atom is -0.497 e. The van der Waals surface area contributed by atoms with Gasteiger partial charge in [0.1, 0.15) is 11.5 Å². The van der Waals surface area contributed by atoms with Gasteiger partial charge in [0.2, 0.25) is 5.82 Å². The molecule has 0 fully saturated rings. The number of fused-ring (bicyclic) bond motifs is 1. The number of ether oxygens (including phenoxy) is 3. The topological polar surface area (TPSA) is 83.7 Å². The van der Waals surface area contributed by atoms with E-state index in [1.54, 1.807) is 20.3 Å². The zero-order valence-electron chi connectivity index (χ0n) is 17.5. The van der Waals surface area contributed by atoms with Crippen LogP contribution in [0.15, 0.2) is 65.2 Å². The van der Waals surface area contributed by atoms with E-state index in [1.165, 1.54) is 0 Å². The molecule has 0 spiro atoms. The molecule has 0 aliphatic heterocycles. The third-order valence-electron chi connectivity index (χ3n) is 5.06. The van der Waals surface area contributed by atoms with Crippen LogP contribution in [0.25, 0.3) is 22.2 Å². The Morgan fingerprint density at radius 3 is 2.52 bits per heavy atom. The average Bonchev–Trinajstić information content (AvgIpc) is 3.30. The summed E-state index contributed by atoms with van der Waals surface area (Å²) in [5.41, 5.74) is 1.62. The molecule has 4 aromatic rings. The van der Waals surface area contributed by atoms with Crippen molar-refractivity contribution in [2.45, 2.75) is 19.4 Å². The molecule has 0 amide bonds. The van der Waals surface area contributed by atoms with Crippen molar-refractivity contribution in [2.24, 2.45) is 0 Å². The molecule has 0 N–H and O–H groups in total. The molecule has 7 heteroatoms. The molecule has 0 saturated carbocycles. The van der Waals surface area contributed by atoms with Gasteiger partial charge in [-0.1, -0.05) is 41.6 Å². The van der Waals surface area contributed by atoms with Gasteiger partial charge in [0, 0.05) is 5.56 Å². The first-order chi connectivity index (χ1) is 15.1. The van der Waals surface area contributed by atoms with Crippen LogP contribution in [0.2, 0.25) is 0 Å². The Kier molecular flexibility index (Phi) is 5.84. The lowest BCUT2D eigenvalue weighted by atomic mass is 9.98. The Hall–Kier alpha value is -3.87. The van der Waals surface area contributed by atoms with Crippen LogP contribution in [0.4, 0.5) is 0 Å². The summed E-state index contributed by atoms with van der Waals surface area (Å²) in [7, 11) is 3.23. The van der Waals surface area contributed by atoms with Gasteiger partial charge in [0.25, 0.3) is 5.89 Å². The molecule has 4 rings (SSSR count). The van der Waals surface area contributed by atoms with Gasteiger partial charge in [-0.25, -0.2) is 0 Å². The molecule has 3 aromatic carbocycles. The largest absolute Gasteiger partial charge is 0.497 e. The van der Waals surface area contributed by atoms with Gasteiger partial charge >= 0.3 is 5.97 Å². The summed E-state index contributed by atoms with van der Waals surface area (Å²) in [5, 5.41) is 6.01. The van der Waals surface area contributed by atoms with E-state index >= 15 is 0 Å². The molecule has 158 valence electrons. The fraction of sp³-hybridized carbons (Fsp3) is 0.208. The highest BCUT2D eigenvalue weighted by Crippen LogP contribution is 2.26. The monoisotopic (exact) mass is 418 g/mol. The summed E-state index contributed by atoms with van der Waals surface area (Å²) in [6.07, 6.45) is 0. The zero-order chi connectivity index (χ0) is 21.8. The van der Waals surface area contributed by atoms with Crippen LogP contribution in [0.5, 0.6) is 11.5 Å². The fourth-order valence-corrected chi connectivity index (χ4v) is 3.23. The van der Waals surface area contributed by atoms with Crippen molar-refractivity contribution in [3.63, 3.8) is 0 Å². The number of nitrogens with zero attached hydrogens (tertiary/aromatic N) is 2. The molecular formula is C24H22N2O5. The zero-order valence-corrected chi connectivity index (χ0v) is 17.5. The van der Waals surface area contributed by atoms with Crippen molar-refractivity contribution in [3.05, 3.63) is 72.1 Å². The molecule has 7 nitrogen and oxygen atoms in total. The summed E-state index contributed by atoms with van der Waals surface area (Å²) in [6.45, 7) is 1.72. The summed E-state index contributed by atoms with van der Waals surface area (Å²) >= 11 is 0. The smallest absolute Gasteiger partial charge is 0.313 e. The molecule has 0 aliphatic rings. The van der Waals surface area contributed by atoms with E-state index in [0.717, 1.165) is 27.6 Å². The van der Waals surface area contributed by atoms with Crippen molar-refractivity contribution < 1.29 is 23.5 Å². The van der Waals surface area contributed by atoms with Crippen LogP contribution in [0.1, 0.15) is 24.3 Å². The highest BCUT2D eigenvalue weighted by Gasteiger charge is 2.19. The number of carbonyl (C=O) groups excluding carboxylic acids is 1. The Balaban J connectivity index is 1.41. The van der Waals surface area contributed by atoms with Crippen molar-refractivity contribution in [1.29, 1.82) is 0 Å². The van der Waals surface area contributed by atoms with Crippen LogP contribution < -0.4 is 9.47 Å². The van der Waals surface area contributed by atoms with Crippen LogP contribution in [0.3, 0.4) is 0 Å². The summed E-state index contributed by atoms with van der Waals surface area (Å²) in [5.74, 6) is 1.31. The van der Waals surface area contributed by atoms with E-state index in [0.29, 0.717) is 11.6 Å². The van der Waals surface area contributed by atoms with Gasteiger partial charge in [-0.3, -0.25) is 4.79 Å². The minimum atomic E-state index is -0.438. The van der Waals surface area contributed by atoms with Gasteiger partial charge in [-0.15, -0.1) is 0 Å². The van der Waals surface area contributed by atoms with E-state index in [9.17, 15) is 4.79 Å². The maximum atomic E-state index is 12.6. The molecular weight excluding hydrogens is 396 g/mol. The van der Waals surface area contributed by atoms with Crippen molar-refractivity contribution >= 4 is 16.7 Å². The Morgan fingerprint density at radius 1 is 0.968 bits per heavy atom. The molecule has 0 bridgehead atoms. The second-order valence-electron chi connectivity index (χ2n) is 7.05. The third kappa shape index (κ3) is 4.50. The summed E-state index contributed by atoms with van der Waals surface area (Å²) in [4.78, 5) is 16.9. The summed E-state index contributed by atoms with van der Waals surface area (Å²) < 4.78 is 21.1. The van der Waals surface area contributed by atoms with E-state index in [-0.39, 0.29) is 18.5 Å². The second kappa shape index (κ2) is 8.87. The molecule has 0 unspecified atom stereocenters. The second-order valence-corrected chi connectivity index (χ2v) is 7.05. The van der Waals surface area contributed by atoms with Crippen LogP contribution in [-0.2, 0) is 16.1 Å². The molecule has 0 radical (unpaired) electrons. The van der Waals surface area contributed by atoms with E-state index in [4.69, 9.17) is 18.7 Å². The molecule has 1 heterocycles. The average molecular weight is 418 g/mol. The molecule has 0 saturated heterocycles. The Morgan fingerprint density at radius 2 is 1.71 bits per heavy atom. The van der Waals surface area contributed by atoms with E-state index < -0.39 is 5.92 Å². The van der Waals surface area contributed by atoms with Gasteiger partial charge in [0.15, 0.2) is 6.61 Å². The normalized spacial score (nSPS) is 11.8. The van der Waals surface area contributed by atoms with Gasteiger partial charge in [-0.2, -0.15) is 4.98 Å². The van der Waals surface area contributed by atoms with E-state index in [1.807, 2.05) is 61.5 Å². The number of aromatic nitrogens is 2. The first-order valence-corrected chi connectivity index (χ1v) is 9.78. The number of esters is 1. The van der Waals surface area contributed by atoms with E-state index in [2.05, 4.69) is 10.1 Å². The van der Waals surface area contributed by atoms with Crippen LogP contribution >= 0.6 is 0 Å². The molecule has 0 aliphatic carbocycles. The highest BCUT2D eigenvalue weighted by molar-refractivity contribution is 5.86. The number of carbonyl (C=O) groups is 1. The number of hydrogen-bond donors (Lipinski definition) is 0. The maximum Gasteiger partial charge on any atom is 0.313 e. The van der Waals surface area contributed by atoms with Crippen molar-refractivity contribution in [2.75, 3.05) is 14.2 Å². The molecule has 31 heavy (non-hydrogen) atoms. The highest BCUT2D eigenvalue weighted by atomic mass is 16.6. The number of methoxy groups -OCH3 is 2. The van der Waals surface area contributed by atoms with Gasteiger partial charge < -0.3 is 18.7 Å². The maximum absolute atomic E-state index is 12.6. The quantitative estimate of drug-likeness (QED) is 0.400. The predicted molar refractivity (Wildman–Crippen MR) is 115 cm³/mol. The van der Waals surface area contributed by atoms with Gasteiger partial charge in [0.05, 0.1) is 20.1 Å². The summed E-state index contributed by atoms with van der Waals surface area (Å²) in [6, 6.07) is 19.0. The number of rotatable bonds is 7. The Labute approximate surface area is 179 Å². The van der Waals surface area contributed by atoms with Crippen molar-refractivity contribution in [1.82, 2.24) is 10.1 Å².